The van der Waals surface area contributed by atoms with Gasteiger partial charge in [-0.05, 0) is 43.4 Å². The first-order valence-electron chi connectivity index (χ1n) is 7.55. The van der Waals surface area contributed by atoms with E-state index in [0.29, 0.717) is 22.4 Å². The van der Waals surface area contributed by atoms with Crippen molar-refractivity contribution in [1.29, 1.82) is 0 Å². The Bertz CT molecular complexity index is 738. The SMILES string of the molecule is COc1cc(/C(C)=N\NC(=S)Nc2ccccc2)cc(OC)c1OC. The van der Waals surface area contributed by atoms with E-state index in [0.717, 1.165) is 17.0 Å². The lowest BCUT2D eigenvalue weighted by Crippen LogP contribution is -2.24. The summed E-state index contributed by atoms with van der Waals surface area (Å²) in [4.78, 5) is 0. The Morgan fingerprint density at radius 3 is 2.08 bits per heavy atom. The highest BCUT2D eigenvalue weighted by Gasteiger charge is 2.14. The summed E-state index contributed by atoms with van der Waals surface area (Å²) in [6.07, 6.45) is 0. The van der Waals surface area contributed by atoms with E-state index in [9.17, 15) is 0 Å². The van der Waals surface area contributed by atoms with Crippen LogP contribution in [0.4, 0.5) is 5.69 Å². The molecule has 0 saturated carbocycles. The first kappa shape index (κ1) is 18.5. The molecule has 0 aromatic heterocycles. The zero-order chi connectivity index (χ0) is 18.2. The number of nitrogens with one attached hydrogen (secondary N) is 2. The lowest BCUT2D eigenvalue weighted by atomic mass is 10.1. The van der Waals surface area contributed by atoms with Crippen molar-refractivity contribution < 1.29 is 14.2 Å². The number of methoxy groups -OCH3 is 3. The van der Waals surface area contributed by atoms with E-state index in [1.807, 2.05) is 49.4 Å². The topological polar surface area (TPSA) is 64.1 Å². The molecule has 132 valence electrons. The number of anilines is 1. The summed E-state index contributed by atoms with van der Waals surface area (Å²) in [6, 6.07) is 13.3. The predicted octanol–water partition coefficient (Wildman–Crippen LogP) is 3.42. The fraction of sp³-hybridized carbons (Fsp3) is 0.222. The van der Waals surface area contributed by atoms with E-state index in [-0.39, 0.29) is 0 Å². The number of rotatable bonds is 6. The summed E-state index contributed by atoms with van der Waals surface area (Å²) in [5.41, 5.74) is 5.26. The Kier molecular flexibility index (Phi) is 6.59. The Labute approximate surface area is 152 Å². The number of ether oxygens (including phenoxy) is 3. The third-order valence-corrected chi connectivity index (χ3v) is 3.63. The Morgan fingerprint density at radius 2 is 1.56 bits per heavy atom. The highest BCUT2D eigenvalue weighted by Crippen LogP contribution is 2.38. The van der Waals surface area contributed by atoms with E-state index in [1.165, 1.54) is 0 Å². The molecule has 6 nitrogen and oxygen atoms in total. The van der Waals surface area contributed by atoms with Crippen LogP contribution in [0.1, 0.15) is 12.5 Å². The van der Waals surface area contributed by atoms with Gasteiger partial charge in [-0.2, -0.15) is 5.10 Å². The van der Waals surface area contributed by atoms with Gasteiger partial charge >= 0.3 is 0 Å². The molecule has 7 heteroatoms. The van der Waals surface area contributed by atoms with Gasteiger partial charge in [-0.3, -0.25) is 5.43 Å². The van der Waals surface area contributed by atoms with Crippen molar-refractivity contribution in [1.82, 2.24) is 5.43 Å². The van der Waals surface area contributed by atoms with Gasteiger partial charge < -0.3 is 19.5 Å². The molecule has 0 spiro atoms. The van der Waals surface area contributed by atoms with E-state index in [2.05, 4.69) is 15.8 Å². The number of hydrogen-bond donors (Lipinski definition) is 2. The van der Waals surface area contributed by atoms with Gasteiger partial charge in [-0.25, -0.2) is 0 Å². The van der Waals surface area contributed by atoms with Crippen LogP contribution in [0.2, 0.25) is 0 Å². The second kappa shape index (κ2) is 8.89. The van der Waals surface area contributed by atoms with Gasteiger partial charge in [0.25, 0.3) is 0 Å². The summed E-state index contributed by atoms with van der Waals surface area (Å²) in [5, 5.41) is 7.76. The predicted molar refractivity (Wildman–Crippen MR) is 104 cm³/mol. The van der Waals surface area contributed by atoms with Gasteiger partial charge in [0.05, 0.1) is 27.0 Å². The molecular formula is C18H21N3O3S. The summed E-state index contributed by atoms with van der Waals surface area (Å²) in [5.74, 6) is 1.67. The average molecular weight is 359 g/mol. The molecule has 0 saturated heterocycles. The minimum Gasteiger partial charge on any atom is -0.493 e. The largest absolute Gasteiger partial charge is 0.493 e. The Morgan fingerprint density at radius 1 is 0.960 bits per heavy atom. The number of para-hydroxylation sites is 1. The number of nitrogens with zero attached hydrogens (tertiary/aromatic N) is 1. The summed E-state index contributed by atoms with van der Waals surface area (Å²) in [7, 11) is 4.71. The quantitative estimate of drug-likeness (QED) is 0.468. The van der Waals surface area contributed by atoms with Crippen LogP contribution in [0, 0.1) is 0 Å². The van der Waals surface area contributed by atoms with E-state index < -0.39 is 0 Å². The van der Waals surface area contributed by atoms with Crippen molar-refractivity contribution >= 4 is 28.7 Å². The average Bonchev–Trinajstić information content (AvgIpc) is 2.65. The highest BCUT2D eigenvalue weighted by atomic mass is 32.1. The lowest BCUT2D eigenvalue weighted by molar-refractivity contribution is 0.324. The molecule has 2 aromatic carbocycles. The second-order valence-corrected chi connectivity index (χ2v) is 5.45. The van der Waals surface area contributed by atoms with E-state index in [1.54, 1.807) is 21.3 Å². The molecular weight excluding hydrogens is 338 g/mol. The molecule has 2 rings (SSSR count). The van der Waals surface area contributed by atoms with Gasteiger partial charge in [0, 0.05) is 11.3 Å². The third kappa shape index (κ3) is 4.84. The monoisotopic (exact) mass is 359 g/mol. The normalized spacial score (nSPS) is 10.8. The van der Waals surface area contributed by atoms with Crippen molar-refractivity contribution in [3.05, 3.63) is 48.0 Å². The molecule has 0 aliphatic heterocycles. The van der Waals surface area contributed by atoms with Crippen LogP contribution < -0.4 is 25.0 Å². The van der Waals surface area contributed by atoms with Crippen molar-refractivity contribution in [2.45, 2.75) is 6.92 Å². The zero-order valence-corrected chi connectivity index (χ0v) is 15.4. The van der Waals surface area contributed by atoms with Crippen LogP contribution in [-0.4, -0.2) is 32.2 Å². The Balaban J connectivity index is 2.15. The molecule has 25 heavy (non-hydrogen) atoms. The van der Waals surface area contributed by atoms with E-state index in [4.69, 9.17) is 26.4 Å². The van der Waals surface area contributed by atoms with Gasteiger partial charge in [-0.15, -0.1) is 0 Å². The molecule has 0 fully saturated rings. The van der Waals surface area contributed by atoms with Crippen LogP contribution in [0.25, 0.3) is 0 Å². The molecule has 0 amide bonds. The minimum absolute atomic E-state index is 0.401. The molecule has 2 N–H and O–H groups in total. The standard InChI is InChI=1S/C18H21N3O3S/c1-12(20-21-18(25)19-14-8-6-5-7-9-14)13-10-15(22-2)17(24-4)16(11-13)23-3/h5-11H,1-4H3,(H2,19,21,25)/b20-12-. The van der Waals surface area contributed by atoms with Crippen molar-refractivity contribution in [3.63, 3.8) is 0 Å². The molecule has 0 radical (unpaired) electrons. The second-order valence-electron chi connectivity index (χ2n) is 5.04. The fourth-order valence-corrected chi connectivity index (χ4v) is 2.33. The molecule has 2 aromatic rings. The van der Waals surface area contributed by atoms with Crippen LogP contribution in [-0.2, 0) is 0 Å². The maximum absolute atomic E-state index is 5.36. The first-order chi connectivity index (χ1) is 12.1. The van der Waals surface area contributed by atoms with Crippen molar-refractivity contribution in [2.24, 2.45) is 5.10 Å². The number of thiocarbonyl (C=S) groups is 1. The number of hydrazone groups is 1. The summed E-state index contributed by atoms with van der Waals surface area (Å²) < 4.78 is 16.0. The maximum atomic E-state index is 5.36. The molecule has 0 aliphatic carbocycles. The molecule has 0 bridgehead atoms. The van der Waals surface area contributed by atoms with Gasteiger partial charge in [-0.1, -0.05) is 18.2 Å². The van der Waals surface area contributed by atoms with Crippen LogP contribution in [0.5, 0.6) is 17.2 Å². The van der Waals surface area contributed by atoms with E-state index >= 15 is 0 Å². The van der Waals surface area contributed by atoms with Crippen LogP contribution in [0.15, 0.2) is 47.6 Å². The molecule has 0 atom stereocenters. The molecule has 0 aliphatic rings. The minimum atomic E-state index is 0.401. The third-order valence-electron chi connectivity index (χ3n) is 3.44. The number of benzene rings is 2. The fourth-order valence-electron chi connectivity index (χ4n) is 2.17. The highest BCUT2D eigenvalue weighted by molar-refractivity contribution is 7.80. The van der Waals surface area contributed by atoms with Gasteiger partial charge in [0.2, 0.25) is 5.75 Å². The maximum Gasteiger partial charge on any atom is 0.203 e. The molecule has 0 heterocycles. The lowest BCUT2D eigenvalue weighted by Gasteiger charge is -2.14. The molecule has 0 unspecified atom stereocenters. The van der Waals surface area contributed by atoms with Crippen molar-refractivity contribution in [2.75, 3.05) is 26.6 Å². The first-order valence-corrected chi connectivity index (χ1v) is 7.96. The van der Waals surface area contributed by atoms with Crippen LogP contribution in [0.3, 0.4) is 0 Å². The van der Waals surface area contributed by atoms with Crippen molar-refractivity contribution in [3.8, 4) is 17.2 Å². The smallest absolute Gasteiger partial charge is 0.203 e. The summed E-state index contributed by atoms with van der Waals surface area (Å²) in [6.45, 7) is 1.86. The van der Waals surface area contributed by atoms with Gasteiger partial charge in [0.15, 0.2) is 16.6 Å². The number of hydrogen-bond acceptors (Lipinski definition) is 5. The zero-order valence-electron chi connectivity index (χ0n) is 14.6. The Hall–Kier alpha value is -2.80. The van der Waals surface area contributed by atoms with Crippen LogP contribution >= 0.6 is 12.2 Å². The van der Waals surface area contributed by atoms with Gasteiger partial charge in [0.1, 0.15) is 0 Å². The summed E-state index contributed by atoms with van der Waals surface area (Å²) >= 11 is 5.24.